The number of thioether (sulfide) groups is 2. The molecule has 0 fully saturated rings. The number of nitrogens with zero attached hydrogens (tertiary/aromatic N) is 8. The maximum Gasteiger partial charge on any atom is 0.200 e. The Balaban J connectivity index is 0.000000281. The number of methoxy groups -OCH3 is 4. The zero-order valence-electron chi connectivity index (χ0n) is 48.9. The highest BCUT2D eigenvalue weighted by Crippen LogP contribution is 2.44. The number of ether oxygens (including phenoxy) is 4. The van der Waals surface area contributed by atoms with Crippen LogP contribution in [0.15, 0.2) is 83.4 Å². The predicted molar refractivity (Wildman–Crippen MR) is 319 cm³/mol. The van der Waals surface area contributed by atoms with Crippen LogP contribution in [0.2, 0.25) is 33.2 Å². The number of imidazole rings is 2. The van der Waals surface area contributed by atoms with Crippen molar-refractivity contribution in [3.05, 3.63) is 84.7 Å². The smallest absolute Gasteiger partial charge is 0.200 e. The molecule has 18 heteroatoms. The van der Waals surface area contributed by atoms with Crippen LogP contribution in [0.3, 0.4) is 0 Å². The molecule has 0 atom stereocenters. The highest BCUT2D eigenvalue weighted by Gasteiger charge is 2.46. The summed E-state index contributed by atoms with van der Waals surface area (Å²) in [5.74, 6) is 3.55. The van der Waals surface area contributed by atoms with E-state index in [-0.39, 0.29) is 0 Å². The van der Waals surface area contributed by atoms with Crippen LogP contribution >= 0.6 is 23.5 Å². The monoisotopic (exact) mass is 1110 g/mol. The van der Waals surface area contributed by atoms with Gasteiger partial charge < -0.3 is 36.9 Å². The number of hydrogen-bond donors (Lipinski definition) is 0. The molecule has 76 heavy (non-hydrogen) atoms. The van der Waals surface area contributed by atoms with Gasteiger partial charge in [0.05, 0.1) is 48.4 Å². The molecule has 14 nitrogen and oxygen atoms in total. The molecule has 0 aliphatic carbocycles. The molecule has 0 saturated heterocycles. The van der Waals surface area contributed by atoms with E-state index in [0.717, 1.165) is 118 Å². The minimum atomic E-state index is -1.91. The van der Waals surface area contributed by atoms with Crippen molar-refractivity contribution in [2.45, 2.75) is 166 Å². The first kappa shape index (κ1) is 62.4. The molecule has 0 spiro atoms. The molecule has 0 N–H and O–H groups in total. The maximum absolute atomic E-state index is 6.83. The van der Waals surface area contributed by atoms with Crippen LogP contribution in [0, 0.1) is 0 Å². The second kappa shape index (κ2) is 29.5. The lowest BCUT2D eigenvalue weighted by Crippen LogP contribution is -2.48. The highest BCUT2D eigenvalue weighted by molar-refractivity contribution is 7.98. The van der Waals surface area contributed by atoms with Gasteiger partial charge in [0, 0.05) is 63.8 Å². The summed E-state index contributed by atoms with van der Waals surface area (Å²) in [5.41, 5.74) is 10.7. The topological polar surface area (TPSA) is 143 Å². The lowest BCUT2D eigenvalue weighted by atomic mass is 10.1. The van der Waals surface area contributed by atoms with Crippen LogP contribution in [0.1, 0.15) is 108 Å². The molecule has 6 aromatic rings. The second-order valence-corrected chi connectivity index (χ2v) is 33.5. The molecule has 0 bridgehead atoms. The molecular weight excluding hydrogens is 1020 g/mol. The standard InChI is InChI=1S/2C29H44N4O3SSi/c2*1-20(2)38(21(3)4,22(5)6)36-18-10-11-26-32-27(23-12-14-24(35-8)15-13-23)28(33(26)19-34-7)25-16-17-30-29(31-25)37-9/h2*12-17,20-22H,10-11,18-19H2,1-9H3. The minimum absolute atomic E-state index is 0.385. The van der Waals surface area contributed by atoms with Crippen molar-refractivity contribution in [3.63, 3.8) is 0 Å². The first-order chi connectivity index (χ1) is 36.4. The minimum Gasteiger partial charge on any atom is -0.497 e. The van der Waals surface area contributed by atoms with E-state index in [9.17, 15) is 0 Å². The molecule has 0 aliphatic heterocycles. The predicted octanol–water partition coefficient (Wildman–Crippen LogP) is 14.9. The number of rotatable bonds is 28. The maximum atomic E-state index is 6.83. The van der Waals surface area contributed by atoms with E-state index in [2.05, 4.69) is 102 Å². The normalized spacial score (nSPS) is 12.2. The fourth-order valence-corrected chi connectivity index (χ4v) is 23.1. The van der Waals surface area contributed by atoms with Crippen LogP contribution in [-0.2, 0) is 44.6 Å². The largest absolute Gasteiger partial charge is 0.497 e. The number of aromatic nitrogens is 8. The van der Waals surface area contributed by atoms with Crippen LogP contribution in [0.25, 0.3) is 45.3 Å². The van der Waals surface area contributed by atoms with Crippen molar-refractivity contribution in [1.29, 1.82) is 0 Å². The Kier molecular flexibility index (Phi) is 24.3. The summed E-state index contributed by atoms with van der Waals surface area (Å²) in [7, 11) is 2.96. The van der Waals surface area contributed by atoms with Crippen LogP contribution in [0.5, 0.6) is 11.5 Å². The molecule has 6 rings (SSSR count). The molecule has 2 aromatic carbocycles. The summed E-state index contributed by atoms with van der Waals surface area (Å²) in [6, 6.07) is 19.9. The van der Waals surface area contributed by atoms with Crippen molar-refractivity contribution < 1.29 is 27.8 Å². The molecule has 0 aliphatic rings. The summed E-state index contributed by atoms with van der Waals surface area (Å²) in [6.07, 6.45) is 10.9. The molecule has 0 unspecified atom stereocenters. The average molecular weight is 1110 g/mol. The van der Waals surface area contributed by atoms with Gasteiger partial charge in [-0.25, -0.2) is 29.9 Å². The van der Waals surface area contributed by atoms with Crippen LogP contribution in [-0.4, -0.2) is 110 Å². The first-order valence-electron chi connectivity index (χ1n) is 26.9. The lowest BCUT2D eigenvalue weighted by Gasteiger charge is -2.42. The van der Waals surface area contributed by atoms with E-state index in [0.29, 0.717) is 46.7 Å². The molecule has 4 aromatic heterocycles. The highest BCUT2D eigenvalue weighted by atomic mass is 32.2. The fraction of sp³-hybridized carbons (Fsp3) is 0.552. The third-order valence-electron chi connectivity index (χ3n) is 14.7. The van der Waals surface area contributed by atoms with E-state index in [1.54, 1.807) is 40.8 Å². The molecule has 0 saturated carbocycles. The van der Waals surface area contributed by atoms with Crippen molar-refractivity contribution in [3.8, 4) is 56.8 Å². The number of aryl methyl sites for hydroxylation is 2. The van der Waals surface area contributed by atoms with Gasteiger partial charge in [0.1, 0.15) is 36.6 Å². The van der Waals surface area contributed by atoms with Gasteiger partial charge in [-0.2, -0.15) is 0 Å². The van der Waals surface area contributed by atoms with E-state index in [1.165, 1.54) is 23.5 Å². The van der Waals surface area contributed by atoms with Crippen molar-refractivity contribution in [1.82, 2.24) is 39.0 Å². The van der Waals surface area contributed by atoms with Gasteiger partial charge >= 0.3 is 0 Å². The van der Waals surface area contributed by atoms with Gasteiger partial charge in [-0.3, -0.25) is 0 Å². The summed E-state index contributed by atoms with van der Waals surface area (Å²) in [5, 5.41) is 1.45. The van der Waals surface area contributed by atoms with Crippen molar-refractivity contribution in [2.24, 2.45) is 0 Å². The number of hydrogen-bond acceptors (Lipinski definition) is 14. The Hall–Kier alpha value is -4.41. The van der Waals surface area contributed by atoms with Gasteiger partial charge in [-0.05, 0) is 119 Å². The van der Waals surface area contributed by atoms with Crippen molar-refractivity contribution >= 4 is 40.2 Å². The second-order valence-electron chi connectivity index (χ2n) is 21.0. The zero-order chi connectivity index (χ0) is 55.7. The summed E-state index contributed by atoms with van der Waals surface area (Å²) < 4.78 is 40.0. The van der Waals surface area contributed by atoms with Gasteiger partial charge in [0.2, 0.25) is 0 Å². The first-order valence-corrected chi connectivity index (χ1v) is 33.6. The SMILES string of the molecule is COCn1c(CCCO[Si](C(C)C)(C(C)C)C(C)C)nc(-c2ccc(OC)cc2)c1-c1ccnc(SC)n1.COCn1c(CCCO[Si](C(C)C)(C(C)C)C(C)C)nc(-c2ccc(OC)cc2)c1-c1ccnc(SC)n1. The molecule has 4 heterocycles. The van der Waals surface area contributed by atoms with E-state index in [4.69, 9.17) is 47.7 Å². The quantitative estimate of drug-likeness (QED) is 0.0199. The Labute approximate surface area is 465 Å². The number of benzene rings is 2. The van der Waals surface area contributed by atoms with Crippen molar-refractivity contribution in [2.75, 3.05) is 54.2 Å². The fourth-order valence-electron chi connectivity index (χ4n) is 11.4. The molecule has 0 radical (unpaired) electrons. The molecule has 0 amide bonds. The van der Waals surface area contributed by atoms with E-state index >= 15 is 0 Å². The Morgan fingerprint density at radius 1 is 0.461 bits per heavy atom. The Morgan fingerprint density at radius 3 is 1.07 bits per heavy atom. The van der Waals surface area contributed by atoms with E-state index in [1.807, 2.05) is 73.2 Å². The average Bonchev–Trinajstić information content (AvgIpc) is 3.96. The van der Waals surface area contributed by atoms with Crippen LogP contribution in [0.4, 0.5) is 0 Å². The molecular formula is C58H88N8O6S2Si2. The summed E-state index contributed by atoms with van der Waals surface area (Å²) >= 11 is 3.05. The van der Waals surface area contributed by atoms with Gasteiger partial charge in [-0.1, -0.05) is 107 Å². The Bertz CT molecular complexity index is 2470. The van der Waals surface area contributed by atoms with Gasteiger partial charge in [-0.15, -0.1) is 0 Å². The summed E-state index contributed by atoms with van der Waals surface area (Å²) in [6.45, 7) is 30.2. The zero-order valence-corrected chi connectivity index (χ0v) is 52.5. The van der Waals surface area contributed by atoms with Gasteiger partial charge in [0.25, 0.3) is 0 Å². The van der Waals surface area contributed by atoms with E-state index < -0.39 is 16.6 Å². The van der Waals surface area contributed by atoms with Crippen LogP contribution < -0.4 is 9.47 Å². The lowest BCUT2D eigenvalue weighted by molar-refractivity contribution is 0.129. The Morgan fingerprint density at radius 2 is 0.789 bits per heavy atom. The summed E-state index contributed by atoms with van der Waals surface area (Å²) in [4.78, 5) is 28.7. The third kappa shape index (κ3) is 14.6. The third-order valence-corrected chi connectivity index (χ3v) is 28.0. The van der Waals surface area contributed by atoms with Gasteiger partial charge in [0.15, 0.2) is 26.9 Å². The molecule has 416 valence electrons.